The Kier molecular flexibility index (Phi) is 5.61. The standard InChI is InChI=1S/C14H17F2NO3/c1-14(15,16)11-7-5-10(6-8-11)13(19)17-9-3-4-12(18)20-2/h5-8H,3-4,9H2,1-2H3,(H,17,19). The minimum Gasteiger partial charge on any atom is -0.469 e. The van der Waals surface area contributed by atoms with Gasteiger partial charge in [-0.25, -0.2) is 8.78 Å². The highest BCUT2D eigenvalue weighted by Gasteiger charge is 2.23. The van der Waals surface area contributed by atoms with E-state index in [9.17, 15) is 18.4 Å². The molecule has 1 N–H and O–H groups in total. The summed E-state index contributed by atoms with van der Waals surface area (Å²) in [6.07, 6.45) is 0.682. The lowest BCUT2D eigenvalue weighted by Crippen LogP contribution is -2.25. The molecule has 0 aliphatic carbocycles. The molecule has 20 heavy (non-hydrogen) atoms. The Labute approximate surface area is 116 Å². The number of methoxy groups -OCH3 is 1. The van der Waals surface area contributed by atoms with Gasteiger partial charge in [-0.3, -0.25) is 9.59 Å². The van der Waals surface area contributed by atoms with Crippen molar-refractivity contribution < 1.29 is 23.1 Å². The van der Waals surface area contributed by atoms with Gasteiger partial charge < -0.3 is 10.1 Å². The van der Waals surface area contributed by atoms with Crippen molar-refractivity contribution in [2.24, 2.45) is 0 Å². The van der Waals surface area contributed by atoms with Crippen LogP contribution in [-0.2, 0) is 15.5 Å². The minimum absolute atomic E-state index is 0.139. The lowest BCUT2D eigenvalue weighted by atomic mass is 10.1. The van der Waals surface area contributed by atoms with Crippen LogP contribution < -0.4 is 5.32 Å². The molecule has 0 heterocycles. The summed E-state index contributed by atoms with van der Waals surface area (Å²) < 4.78 is 30.5. The zero-order chi connectivity index (χ0) is 15.2. The number of amides is 1. The van der Waals surface area contributed by atoms with Crippen molar-refractivity contribution in [3.63, 3.8) is 0 Å². The van der Waals surface area contributed by atoms with E-state index in [0.717, 1.165) is 6.92 Å². The zero-order valence-electron chi connectivity index (χ0n) is 11.4. The Balaban J connectivity index is 2.46. The van der Waals surface area contributed by atoms with Gasteiger partial charge in [0, 0.05) is 31.0 Å². The number of benzene rings is 1. The van der Waals surface area contributed by atoms with Crippen LogP contribution in [0.15, 0.2) is 24.3 Å². The van der Waals surface area contributed by atoms with Gasteiger partial charge in [0.15, 0.2) is 0 Å². The molecule has 0 saturated heterocycles. The van der Waals surface area contributed by atoms with E-state index < -0.39 is 5.92 Å². The van der Waals surface area contributed by atoms with E-state index in [1.165, 1.54) is 31.4 Å². The fourth-order valence-corrected chi connectivity index (χ4v) is 1.55. The number of rotatable bonds is 6. The molecule has 0 saturated carbocycles. The molecular formula is C14H17F2NO3. The number of esters is 1. The fraction of sp³-hybridized carbons (Fsp3) is 0.429. The lowest BCUT2D eigenvalue weighted by molar-refractivity contribution is -0.140. The summed E-state index contributed by atoms with van der Waals surface area (Å²) >= 11 is 0. The van der Waals surface area contributed by atoms with Crippen molar-refractivity contribution >= 4 is 11.9 Å². The number of carbonyl (C=O) groups is 2. The first-order valence-corrected chi connectivity index (χ1v) is 6.18. The van der Waals surface area contributed by atoms with Gasteiger partial charge in [0.05, 0.1) is 7.11 Å². The molecule has 1 aromatic rings. The van der Waals surface area contributed by atoms with Gasteiger partial charge in [0.25, 0.3) is 11.8 Å². The normalized spacial score (nSPS) is 11.0. The third-order valence-corrected chi connectivity index (χ3v) is 2.72. The summed E-state index contributed by atoms with van der Waals surface area (Å²) in [5.74, 6) is -3.62. The molecule has 0 fully saturated rings. The van der Waals surface area contributed by atoms with E-state index in [2.05, 4.69) is 10.1 Å². The molecule has 6 heteroatoms. The van der Waals surface area contributed by atoms with Gasteiger partial charge in [-0.15, -0.1) is 0 Å². The Morgan fingerprint density at radius 2 is 1.85 bits per heavy atom. The van der Waals surface area contributed by atoms with Gasteiger partial charge in [0.1, 0.15) is 0 Å². The first-order valence-electron chi connectivity index (χ1n) is 6.18. The van der Waals surface area contributed by atoms with Crippen LogP contribution in [0.3, 0.4) is 0 Å². The molecule has 0 aromatic heterocycles. The van der Waals surface area contributed by atoms with Crippen LogP contribution in [0.4, 0.5) is 8.78 Å². The summed E-state index contributed by atoms with van der Waals surface area (Å²) in [5, 5.41) is 2.60. The van der Waals surface area contributed by atoms with Gasteiger partial charge in [-0.05, 0) is 18.6 Å². The van der Waals surface area contributed by atoms with Crippen molar-refractivity contribution in [1.29, 1.82) is 0 Å². The number of nitrogens with one attached hydrogen (secondary N) is 1. The van der Waals surface area contributed by atoms with Crippen LogP contribution in [0.5, 0.6) is 0 Å². The van der Waals surface area contributed by atoms with Crippen LogP contribution >= 0.6 is 0 Å². The Morgan fingerprint density at radius 1 is 1.25 bits per heavy atom. The number of halogens is 2. The van der Waals surface area contributed by atoms with Gasteiger partial charge in [-0.2, -0.15) is 0 Å². The molecule has 0 unspecified atom stereocenters. The summed E-state index contributed by atoms with van der Waals surface area (Å²) in [4.78, 5) is 22.6. The highest BCUT2D eigenvalue weighted by molar-refractivity contribution is 5.94. The lowest BCUT2D eigenvalue weighted by Gasteiger charge is -2.11. The summed E-state index contributed by atoms with van der Waals surface area (Å²) in [5.41, 5.74) is 0.163. The number of ether oxygens (including phenoxy) is 1. The molecule has 0 bridgehead atoms. The zero-order valence-corrected chi connectivity index (χ0v) is 11.4. The Morgan fingerprint density at radius 3 is 2.35 bits per heavy atom. The van der Waals surface area contributed by atoms with E-state index in [1.807, 2.05) is 0 Å². The van der Waals surface area contributed by atoms with E-state index in [-0.39, 0.29) is 23.9 Å². The molecular weight excluding hydrogens is 268 g/mol. The van der Waals surface area contributed by atoms with E-state index in [0.29, 0.717) is 18.5 Å². The topological polar surface area (TPSA) is 55.4 Å². The van der Waals surface area contributed by atoms with Crippen LogP contribution in [0.25, 0.3) is 0 Å². The number of carbonyl (C=O) groups excluding carboxylic acids is 2. The van der Waals surface area contributed by atoms with Crippen molar-refractivity contribution in [3.8, 4) is 0 Å². The minimum atomic E-state index is -2.92. The molecule has 0 radical (unpaired) electrons. The monoisotopic (exact) mass is 285 g/mol. The fourth-order valence-electron chi connectivity index (χ4n) is 1.55. The first kappa shape index (κ1) is 16.1. The highest BCUT2D eigenvalue weighted by Crippen LogP contribution is 2.26. The van der Waals surface area contributed by atoms with Crippen LogP contribution in [0.1, 0.15) is 35.7 Å². The second-order valence-corrected chi connectivity index (χ2v) is 4.40. The third-order valence-electron chi connectivity index (χ3n) is 2.72. The quantitative estimate of drug-likeness (QED) is 0.645. The van der Waals surface area contributed by atoms with Crippen LogP contribution in [0, 0.1) is 0 Å². The van der Waals surface area contributed by atoms with E-state index in [1.54, 1.807) is 0 Å². The van der Waals surface area contributed by atoms with E-state index in [4.69, 9.17) is 0 Å². The van der Waals surface area contributed by atoms with Crippen molar-refractivity contribution in [2.45, 2.75) is 25.7 Å². The van der Waals surface area contributed by atoms with Gasteiger partial charge in [-0.1, -0.05) is 12.1 Å². The van der Waals surface area contributed by atoms with Gasteiger partial charge >= 0.3 is 5.97 Å². The Hall–Kier alpha value is -1.98. The average molecular weight is 285 g/mol. The molecule has 4 nitrogen and oxygen atoms in total. The average Bonchev–Trinajstić information content (AvgIpc) is 2.42. The summed E-state index contributed by atoms with van der Waals surface area (Å²) in [6.45, 7) is 1.12. The van der Waals surface area contributed by atoms with Crippen LogP contribution in [0.2, 0.25) is 0 Å². The van der Waals surface area contributed by atoms with E-state index >= 15 is 0 Å². The number of hydrogen-bond donors (Lipinski definition) is 1. The largest absolute Gasteiger partial charge is 0.469 e. The predicted octanol–water partition coefficient (Wildman–Crippen LogP) is 2.48. The van der Waals surface area contributed by atoms with Crippen LogP contribution in [-0.4, -0.2) is 25.5 Å². The summed E-state index contributed by atoms with van der Waals surface area (Å²) in [6, 6.07) is 5.15. The second-order valence-electron chi connectivity index (χ2n) is 4.40. The molecule has 0 atom stereocenters. The maximum Gasteiger partial charge on any atom is 0.305 e. The molecule has 0 aliphatic heterocycles. The predicted molar refractivity (Wildman–Crippen MR) is 69.6 cm³/mol. The molecule has 0 aliphatic rings. The first-order chi connectivity index (χ1) is 9.34. The van der Waals surface area contributed by atoms with Crippen molar-refractivity contribution in [3.05, 3.63) is 35.4 Å². The molecule has 1 rings (SSSR count). The number of hydrogen-bond acceptors (Lipinski definition) is 3. The maximum absolute atomic E-state index is 13.0. The highest BCUT2D eigenvalue weighted by atomic mass is 19.3. The smallest absolute Gasteiger partial charge is 0.305 e. The van der Waals surface area contributed by atoms with Crippen molar-refractivity contribution in [1.82, 2.24) is 5.32 Å². The molecule has 0 spiro atoms. The van der Waals surface area contributed by atoms with Crippen molar-refractivity contribution in [2.75, 3.05) is 13.7 Å². The molecule has 110 valence electrons. The maximum atomic E-state index is 13.0. The van der Waals surface area contributed by atoms with Gasteiger partial charge in [0.2, 0.25) is 0 Å². The number of alkyl halides is 2. The molecule has 1 amide bonds. The Bertz CT molecular complexity index is 466. The second kappa shape index (κ2) is 6.98. The SMILES string of the molecule is COC(=O)CCCNC(=O)c1ccc(C(C)(F)F)cc1. The molecule has 1 aromatic carbocycles. The summed E-state index contributed by atoms with van der Waals surface area (Å²) in [7, 11) is 1.30. The third kappa shape index (κ3) is 4.95.